The highest BCUT2D eigenvalue weighted by Gasteiger charge is 2.17. The molecular weight excluding hydrogens is 607 g/mol. The molecule has 0 aliphatic rings. The number of furan rings is 1. The summed E-state index contributed by atoms with van der Waals surface area (Å²) in [5.74, 6) is 0. The summed E-state index contributed by atoms with van der Waals surface area (Å²) in [6, 6.07) is 67.6. The SMILES string of the molecule is c1ccc2c(N(c3ccc(-c4ccc5c(c4)oc4ccccc45)cc3)c3ccc(-c4cccc5c4ccc4ccccc45)cc3)cccc2c1. The fraction of sp³-hybridized carbons (Fsp3) is 0. The predicted octanol–water partition coefficient (Wildman–Crippen LogP) is 13.8. The Morgan fingerprint density at radius 1 is 0.320 bits per heavy atom. The van der Waals surface area contributed by atoms with Crippen molar-refractivity contribution in [1.82, 2.24) is 0 Å². The number of hydrogen-bond acceptors (Lipinski definition) is 2. The Balaban J connectivity index is 1.07. The Morgan fingerprint density at radius 3 is 1.68 bits per heavy atom. The second kappa shape index (κ2) is 11.5. The van der Waals surface area contributed by atoms with Crippen LogP contribution in [0.3, 0.4) is 0 Å². The zero-order chi connectivity index (χ0) is 33.0. The Labute approximate surface area is 290 Å². The van der Waals surface area contributed by atoms with E-state index in [-0.39, 0.29) is 0 Å². The number of hydrogen-bond donors (Lipinski definition) is 0. The van der Waals surface area contributed by atoms with Gasteiger partial charge in [0.2, 0.25) is 0 Å². The largest absolute Gasteiger partial charge is 0.456 e. The minimum Gasteiger partial charge on any atom is -0.456 e. The average Bonchev–Trinajstić information content (AvgIpc) is 3.56. The average molecular weight is 638 g/mol. The number of anilines is 3. The Kier molecular flexibility index (Phi) is 6.53. The molecule has 10 aromatic rings. The van der Waals surface area contributed by atoms with Gasteiger partial charge in [0.1, 0.15) is 11.2 Å². The van der Waals surface area contributed by atoms with Crippen LogP contribution in [0.15, 0.2) is 192 Å². The van der Waals surface area contributed by atoms with Crippen LogP contribution in [-0.4, -0.2) is 0 Å². The second-order valence-electron chi connectivity index (χ2n) is 12.9. The van der Waals surface area contributed by atoms with Crippen molar-refractivity contribution in [3.05, 3.63) is 188 Å². The highest BCUT2D eigenvalue weighted by molar-refractivity contribution is 6.12. The Bertz CT molecular complexity index is 2860. The molecule has 0 fully saturated rings. The normalized spacial score (nSPS) is 11.6. The van der Waals surface area contributed by atoms with Gasteiger partial charge in [-0.05, 0) is 97.7 Å². The van der Waals surface area contributed by atoms with Crippen LogP contribution in [0.4, 0.5) is 17.1 Å². The summed E-state index contributed by atoms with van der Waals surface area (Å²) >= 11 is 0. The molecule has 0 spiro atoms. The number of nitrogens with zero attached hydrogens (tertiary/aromatic N) is 1. The minimum atomic E-state index is 0.907. The maximum Gasteiger partial charge on any atom is 0.136 e. The quantitative estimate of drug-likeness (QED) is 0.175. The fourth-order valence-corrected chi connectivity index (χ4v) is 7.62. The van der Waals surface area contributed by atoms with Crippen LogP contribution in [-0.2, 0) is 0 Å². The molecule has 0 aliphatic carbocycles. The van der Waals surface area contributed by atoms with Crippen LogP contribution >= 0.6 is 0 Å². The first-order chi connectivity index (χ1) is 24.8. The van der Waals surface area contributed by atoms with E-state index in [1.807, 2.05) is 12.1 Å². The summed E-state index contributed by atoms with van der Waals surface area (Å²) in [6.45, 7) is 0. The Hall–Kier alpha value is -6.64. The van der Waals surface area contributed by atoms with Gasteiger partial charge >= 0.3 is 0 Å². The van der Waals surface area contributed by atoms with Gasteiger partial charge in [-0.15, -0.1) is 0 Å². The molecule has 0 saturated heterocycles. The standard InChI is InChI=1S/C48H31NO/c1-3-12-39-34(10-1)23-29-43-40(15-8-16-42(39)43)35-21-27-38(28-22-35)49(46-17-7-11-33-9-2-4-13-41(33)46)37-25-19-32(20-26-37)36-24-30-45-44-14-5-6-18-47(44)50-48(45)31-36/h1-31H. The summed E-state index contributed by atoms with van der Waals surface area (Å²) in [5.41, 5.74) is 9.88. The van der Waals surface area contributed by atoms with Crippen LogP contribution < -0.4 is 4.90 Å². The first-order valence-corrected chi connectivity index (χ1v) is 17.1. The third-order valence-electron chi connectivity index (χ3n) is 10.1. The smallest absolute Gasteiger partial charge is 0.136 e. The lowest BCUT2D eigenvalue weighted by Crippen LogP contribution is -2.10. The van der Waals surface area contributed by atoms with Gasteiger partial charge in [-0.2, -0.15) is 0 Å². The molecule has 0 N–H and O–H groups in total. The molecule has 0 aliphatic heterocycles. The lowest BCUT2D eigenvalue weighted by Gasteiger charge is -2.27. The van der Waals surface area contributed by atoms with E-state index in [1.54, 1.807) is 0 Å². The molecule has 1 aromatic heterocycles. The molecule has 9 aromatic carbocycles. The van der Waals surface area contributed by atoms with Crippen LogP contribution in [0.5, 0.6) is 0 Å². The summed E-state index contributed by atoms with van der Waals surface area (Å²) < 4.78 is 6.21. The predicted molar refractivity (Wildman–Crippen MR) is 212 cm³/mol. The van der Waals surface area contributed by atoms with E-state index in [4.69, 9.17) is 4.42 Å². The first-order valence-electron chi connectivity index (χ1n) is 17.1. The third kappa shape index (κ3) is 4.65. The fourth-order valence-electron chi connectivity index (χ4n) is 7.62. The maximum absolute atomic E-state index is 6.21. The third-order valence-corrected chi connectivity index (χ3v) is 10.1. The van der Waals surface area contributed by atoms with Gasteiger partial charge in [-0.1, -0.05) is 140 Å². The van der Waals surface area contributed by atoms with Gasteiger partial charge in [0.15, 0.2) is 0 Å². The topological polar surface area (TPSA) is 16.4 Å². The van der Waals surface area contributed by atoms with Crippen LogP contribution in [0.2, 0.25) is 0 Å². The van der Waals surface area contributed by atoms with E-state index in [2.05, 4.69) is 181 Å². The molecule has 234 valence electrons. The second-order valence-corrected chi connectivity index (χ2v) is 12.9. The van der Waals surface area contributed by atoms with E-state index in [0.717, 1.165) is 50.1 Å². The minimum absolute atomic E-state index is 0.907. The number of para-hydroxylation sites is 1. The molecule has 50 heavy (non-hydrogen) atoms. The van der Waals surface area contributed by atoms with Crippen molar-refractivity contribution in [3.8, 4) is 22.3 Å². The summed E-state index contributed by atoms with van der Waals surface area (Å²) in [4.78, 5) is 2.37. The zero-order valence-electron chi connectivity index (χ0n) is 27.3. The van der Waals surface area contributed by atoms with Gasteiger partial charge in [0.25, 0.3) is 0 Å². The van der Waals surface area contributed by atoms with Gasteiger partial charge in [0, 0.05) is 27.5 Å². The van der Waals surface area contributed by atoms with Crippen molar-refractivity contribution >= 4 is 71.3 Å². The van der Waals surface area contributed by atoms with Gasteiger partial charge < -0.3 is 9.32 Å². The van der Waals surface area contributed by atoms with Crippen molar-refractivity contribution in [3.63, 3.8) is 0 Å². The molecule has 0 radical (unpaired) electrons. The van der Waals surface area contributed by atoms with E-state index in [9.17, 15) is 0 Å². The molecule has 1 heterocycles. The summed E-state index contributed by atoms with van der Waals surface area (Å²) in [6.07, 6.45) is 0. The summed E-state index contributed by atoms with van der Waals surface area (Å²) in [5, 5.41) is 9.80. The molecule has 10 rings (SSSR count). The highest BCUT2D eigenvalue weighted by atomic mass is 16.3. The molecule has 0 unspecified atom stereocenters. The molecule has 0 amide bonds. The molecule has 0 atom stereocenters. The van der Waals surface area contributed by atoms with Crippen molar-refractivity contribution in [1.29, 1.82) is 0 Å². The van der Waals surface area contributed by atoms with E-state index < -0.39 is 0 Å². The van der Waals surface area contributed by atoms with Gasteiger partial charge in [-0.3, -0.25) is 0 Å². The van der Waals surface area contributed by atoms with Crippen molar-refractivity contribution in [2.75, 3.05) is 4.90 Å². The highest BCUT2D eigenvalue weighted by Crippen LogP contribution is 2.41. The van der Waals surface area contributed by atoms with Crippen LogP contribution in [0.1, 0.15) is 0 Å². The first kappa shape index (κ1) is 28.4. The van der Waals surface area contributed by atoms with E-state index >= 15 is 0 Å². The number of benzene rings is 9. The number of rotatable bonds is 5. The van der Waals surface area contributed by atoms with Crippen molar-refractivity contribution in [2.24, 2.45) is 0 Å². The molecule has 2 heteroatoms. The van der Waals surface area contributed by atoms with E-state index in [1.165, 1.54) is 43.4 Å². The zero-order valence-corrected chi connectivity index (χ0v) is 27.3. The van der Waals surface area contributed by atoms with Crippen molar-refractivity contribution in [2.45, 2.75) is 0 Å². The molecule has 2 nitrogen and oxygen atoms in total. The lowest BCUT2D eigenvalue weighted by molar-refractivity contribution is 0.669. The van der Waals surface area contributed by atoms with E-state index in [0.29, 0.717) is 0 Å². The lowest BCUT2D eigenvalue weighted by atomic mass is 9.94. The van der Waals surface area contributed by atoms with Crippen molar-refractivity contribution < 1.29 is 4.42 Å². The molecule has 0 bridgehead atoms. The Morgan fingerprint density at radius 2 is 0.880 bits per heavy atom. The number of fused-ring (bicyclic) bond motifs is 7. The van der Waals surface area contributed by atoms with Crippen LogP contribution in [0.25, 0.3) is 76.5 Å². The van der Waals surface area contributed by atoms with Gasteiger partial charge in [0.05, 0.1) is 5.69 Å². The van der Waals surface area contributed by atoms with Crippen LogP contribution in [0, 0.1) is 0 Å². The summed E-state index contributed by atoms with van der Waals surface area (Å²) in [7, 11) is 0. The van der Waals surface area contributed by atoms with Gasteiger partial charge in [-0.25, -0.2) is 0 Å². The molecular formula is C48H31NO. The maximum atomic E-state index is 6.21. The molecule has 0 saturated carbocycles. The monoisotopic (exact) mass is 637 g/mol.